The van der Waals surface area contributed by atoms with Crippen molar-refractivity contribution in [2.75, 3.05) is 7.11 Å². The smallest absolute Gasteiger partial charge is 0.305 e. The number of rotatable bonds is 5. The van der Waals surface area contributed by atoms with Gasteiger partial charge in [-0.05, 0) is 23.1 Å². The first-order valence-electron chi connectivity index (χ1n) is 5.96. The van der Waals surface area contributed by atoms with Crippen LogP contribution in [-0.4, -0.2) is 18.9 Å². The van der Waals surface area contributed by atoms with Crippen LogP contribution in [0.4, 0.5) is 0 Å². The summed E-state index contributed by atoms with van der Waals surface area (Å²) in [6.45, 7) is 0.486. The third kappa shape index (κ3) is 3.19. The monoisotopic (exact) mass is 277 g/mol. The molecule has 0 spiro atoms. The Morgan fingerprint density at radius 2 is 2.05 bits per heavy atom. The molecule has 19 heavy (non-hydrogen) atoms. The molecule has 0 radical (unpaired) electrons. The molecule has 0 aliphatic rings. The van der Waals surface area contributed by atoms with E-state index in [1.54, 1.807) is 0 Å². The van der Waals surface area contributed by atoms with E-state index in [0.717, 1.165) is 15.6 Å². The number of ether oxygens (including phenoxy) is 1. The van der Waals surface area contributed by atoms with Crippen LogP contribution < -0.4 is 5.73 Å². The Hall–Kier alpha value is -1.72. The van der Waals surface area contributed by atoms with Crippen molar-refractivity contribution >= 4 is 33.2 Å². The number of carbonyl (C=O) groups excluding carboxylic acids is 2. The highest BCUT2D eigenvalue weighted by Crippen LogP contribution is 2.27. The van der Waals surface area contributed by atoms with Gasteiger partial charge in [-0.3, -0.25) is 9.59 Å². The predicted molar refractivity (Wildman–Crippen MR) is 75.3 cm³/mol. The molecule has 1 heterocycles. The van der Waals surface area contributed by atoms with E-state index in [9.17, 15) is 9.59 Å². The van der Waals surface area contributed by atoms with Gasteiger partial charge >= 0.3 is 5.97 Å². The molecule has 0 unspecified atom stereocenters. The molecule has 0 saturated carbocycles. The van der Waals surface area contributed by atoms with Crippen LogP contribution in [0.2, 0.25) is 0 Å². The van der Waals surface area contributed by atoms with E-state index in [0.29, 0.717) is 11.4 Å². The third-order valence-electron chi connectivity index (χ3n) is 2.88. The fourth-order valence-electron chi connectivity index (χ4n) is 1.78. The van der Waals surface area contributed by atoms with Gasteiger partial charge in [-0.25, -0.2) is 0 Å². The van der Waals surface area contributed by atoms with Crippen LogP contribution in [0.1, 0.15) is 28.1 Å². The van der Waals surface area contributed by atoms with E-state index >= 15 is 0 Å². The van der Waals surface area contributed by atoms with Crippen molar-refractivity contribution in [3.05, 3.63) is 34.7 Å². The fraction of sp³-hybridized carbons (Fsp3) is 0.286. The van der Waals surface area contributed by atoms with E-state index < -0.39 is 0 Å². The topological polar surface area (TPSA) is 69.4 Å². The standard InChI is InChI=1S/C14H15NO3S/c1-18-14(17)5-4-11(16)13-7-10-3-2-9(8-15)6-12(10)19-13/h2-3,6-7H,4-5,8,15H2,1H3. The maximum absolute atomic E-state index is 12.0. The molecule has 0 saturated heterocycles. The Morgan fingerprint density at radius 3 is 2.74 bits per heavy atom. The second-order valence-corrected chi connectivity index (χ2v) is 5.27. The minimum Gasteiger partial charge on any atom is -0.469 e. The highest BCUT2D eigenvalue weighted by atomic mass is 32.1. The van der Waals surface area contributed by atoms with E-state index in [1.165, 1.54) is 18.4 Å². The van der Waals surface area contributed by atoms with Crippen LogP contribution in [-0.2, 0) is 16.1 Å². The molecule has 0 amide bonds. The number of hydrogen-bond acceptors (Lipinski definition) is 5. The van der Waals surface area contributed by atoms with Crippen LogP contribution in [0, 0.1) is 0 Å². The van der Waals surface area contributed by atoms with E-state index in [4.69, 9.17) is 5.73 Å². The molecule has 2 aromatic rings. The highest BCUT2D eigenvalue weighted by molar-refractivity contribution is 7.20. The van der Waals surface area contributed by atoms with Gasteiger partial charge in [0.05, 0.1) is 18.4 Å². The van der Waals surface area contributed by atoms with Gasteiger partial charge in [-0.15, -0.1) is 11.3 Å². The van der Waals surface area contributed by atoms with E-state index in [-0.39, 0.29) is 24.6 Å². The van der Waals surface area contributed by atoms with Gasteiger partial charge in [-0.1, -0.05) is 12.1 Å². The molecule has 100 valence electrons. The Kier molecular flexibility index (Phi) is 4.29. The summed E-state index contributed by atoms with van der Waals surface area (Å²) in [6.07, 6.45) is 0.306. The summed E-state index contributed by atoms with van der Waals surface area (Å²) in [5.41, 5.74) is 6.63. The van der Waals surface area contributed by atoms with Crippen LogP contribution in [0.15, 0.2) is 24.3 Å². The summed E-state index contributed by atoms with van der Waals surface area (Å²) in [7, 11) is 1.32. The Morgan fingerprint density at radius 1 is 1.26 bits per heavy atom. The Balaban J connectivity index is 2.16. The van der Waals surface area contributed by atoms with Gasteiger partial charge in [0.25, 0.3) is 0 Å². The normalized spacial score (nSPS) is 10.6. The maximum Gasteiger partial charge on any atom is 0.305 e. The van der Waals surface area contributed by atoms with Gasteiger partial charge in [0, 0.05) is 17.7 Å². The summed E-state index contributed by atoms with van der Waals surface area (Å²) in [4.78, 5) is 23.7. The summed E-state index contributed by atoms with van der Waals surface area (Å²) in [6, 6.07) is 7.78. The molecule has 0 atom stereocenters. The van der Waals surface area contributed by atoms with Crippen LogP contribution in [0.25, 0.3) is 10.1 Å². The van der Waals surface area contributed by atoms with Crippen molar-refractivity contribution < 1.29 is 14.3 Å². The molecule has 2 rings (SSSR count). The van der Waals surface area contributed by atoms with Crippen molar-refractivity contribution in [3.8, 4) is 0 Å². The number of hydrogen-bond donors (Lipinski definition) is 1. The lowest BCUT2D eigenvalue weighted by atomic mass is 10.1. The number of methoxy groups -OCH3 is 1. The number of Topliss-reactive ketones (excluding diaryl/α,β-unsaturated/α-hetero) is 1. The fourth-order valence-corrected chi connectivity index (χ4v) is 2.87. The van der Waals surface area contributed by atoms with E-state index in [1.807, 2.05) is 24.3 Å². The number of fused-ring (bicyclic) bond motifs is 1. The first-order valence-corrected chi connectivity index (χ1v) is 6.78. The lowest BCUT2D eigenvalue weighted by molar-refractivity contribution is -0.140. The summed E-state index contributed by atoms with van der Waals surface area (Å²) in [5.74, 6) is -0.388. The largest absolute Gasteiger partial charge is 0.469 e. The molecule has 2 N–H and O–H groups in total. The molecule has 5 heteroatoms. The van der Waals surface area contributed by atoms with Gasteiger partial charge in [0.1, 0.15) is 0 Å². The molecular weight excluding hydrogens is 262 g/mol. The van der Waals surface area contributed by atoms with Gasteiger partial charge in [0.15, 0.2) is 5.78 Å². The molecular formula is C14H15NO3S. The van der Waals surface area contributed by atoms with E-state index in [2.05, 4.69) is 4.74 Å². The van der Waals surface area contributed by atoms with Crippen LogP contribution >= 0.6 is 11.3 Å². The lowest BCUT2D eigenvalue weighted by Crippen LogP contribution is -2.04. The number of ketones is 1. The number of esters is 1. The summed E-state index contributed by atoms with van der Waals surface area (Å²) < 4.78 is 5.57. The number of nitrogens with two attached hydrogens (primary N) is 1. The minimum atomic E-state index is -0.361. The minimum absolute atomic E-state index is 0.0269. The number of benzene rings is 1. The highest BCUT2D eigenvalue weighted by Gasteiger charge is 2.12. The van der Waals surface area contributed by atoms with Gasteiger partial charge in [0.2, 0.25) is 0 Å². The van der Waals surface area contributed by atoms with Gasteiger partial charge in [-0.2, -0.15) is 0 Å². The van der Waals surface area contributed by atoms with Crippen LogP contribution in [0.5, 0.6) is 0 Å². The molecule has 4 nitrogen and oxygen atoms in total. The molecule has 1 aromatic carbocycles. The Labute approximate surface area is 115 Å². The first kappa shape index (κ1) is 13.7. The molecule has 0 bridgehead atoms. The number of thiophene rings is 1. The second kappa shape index (κ2) is 5.95. The zero-order chi connectivity index (χ0) is 13.8. The summed E-state index contributed by atoms with van der Waals surface area (Å²) >= 11 is 1.44. The van der Waals surface area contributed by atoms with Crippen LogP contribution in [0.3, 0.4) is 0 Å². The van der Waals surface area contributed by atoms with Crippen molar-refractivity contribution in [1.29, 1.82) is 0 Å². The second-order valence-electron chi connectivity index (χ2n) is 4.19. The summed E-state index contributed by atoms with van der Waals surface area (Å²) in [5, 5.41) is 1.03. The van der Waals surface area contributed by atoms with Crippen molar-refractivity contribution in [1.82, 2.24) is 0 Å². The first-order chi connectivity index (χ1) is 9.13. The molecule has 1 aromatic heterocycles. The molecule has 0 fully saturated rings. The average Bonchev–Trinajstić information content (AvgIpc) is 2.86. The van der Waals surface area contributed by atoms with Gasteiger partial charge < -0.3 is 10.5 Å². The molecule has 0 aliphatic heterocycles. The van der Waals surface area contributed by atoms with Crippen molar-refractivity contribution in [2.24, 2.45) is 5.73 Å². The lowest BCUT2D eigenvalue weighted by Gasteiger charge is -1.96. The Bertz CT molecular complexity index is 618. The quantitative estimate of drug-likeness (QED) is 0.673. The number of carbonyl (C=O) groups is 2. The zero-order valence-corrected chi connectivity index (χ0v) is 11.5. The van der Waals surface area contributed by atoms with Crippen molar-refractivity contribution in [3.63, 3.8) is 0 Å². The maximum atomic E-state index is 12.0. The zero-order valence-electron chi connectivity index (χ0n) is 10.6. The molecule has 0 aliphatic carbocycles. The van der Waals surface area contributed by atoms with Crippen molar-refractivity contribution in [2.45, 2.75) is 19.4 Å². The average molecular weight is 277 g/mol. The SMILES string of the molecule is COC(=O)CCC(=O)c1cc2ccc(CN)cc2s1. The third-order valence-corrected chi connectivity index (χ3v) is 4.02. The predicted octanol–water partition coefficient (Wildman–Crippen LogP) is 2.50.